The molecule has 0 amide bonds. The molecule has 2 aliphatic rings. The Hall–Kier alpha value is -6.58. The maximum atomic E-state index is 7.14. The molecule has 0 unspecified atom stereocenters. The highest BCUT2D eigenvalue weighted by Gasteiger charge is 2.52. The lowest BCUT2D eigenvalue weighted by atomic mass is 9.65. The molecular formula is C47H28N2O. The van der Waals surface area contributed by atoms with E-state index in [2.05, 4.69) is 146 Å². The Labute approximate surface area is 289 Å². The van der Waals surface area contributed by atoms with E-state index in [0.717, 1.165) is 77.7 Å². The smallest absolute Gasteiger partial charge is 0.160 e. The Morgan fingerprint density at radius 2 is 1.00 bits per heavy atom. The van der Waals surface area contributed by atoms with E-state index in [1.807, 2.05) is 24.3 Å². The van der Waals surface area contributed by atoms with E-state index in [1.54, 1.807) is 0 Å². The van der Waals surface area contributed by atoms with Gasteiger partial charge in [0.25, 0.3) is 0 Å². The summed E-state index contributed by atoms with van der Waals surface area (Å²) in [5.41, 5.74) is 10.6. The normalized spacial score (nSPS) is 13.5. The van der Waals surface area contributed by atoms with Gasteiger partial charge in [-0.05, 0) is 45.2 Å². The molecule has 0 bridgehead atoms. The summed E-state index contributed by atoms with van der Waals surface area (Å²) in [5, 5.41) is 5.57. The summed E-state index contributed by atoms with van der Waals surface area (Å²) in [6.07, 6.45) is 0. The number of hydrogen-bond donors (Lipinski definition) is 0. The van der Waals surface area contributed by atoms with Crippen molar-refractivity contribution in [1.82, 2.24) is 9.97 Å². The van der Waals surface area contributed by atoms with Gasteiger partial charge in [0, 0.05) is 38.4 Å². The zero-order valence-electron chi connectivity index (χ0n) is 27.0. The lowest BCUT2D eigenvalue weighted by Crippen LogP contribution is -2.32. The fourth-order valence-corrected chi connectivity index (χ4v) is 8.56. The van der Waals surface area contributed by atoms with E-state index in [9.17, 15) is 0 Å². The summed E-state index contributed by atoms with van der Waals surface area (Å²) in [4.78, 5) is 10.3. The molecule has 0 saturated carbocycles. The first-order chi connectivity index (χ1) is 24.8. The molecule has 1 aromatic heterocycles. The third-order valence-corrected chi connectivity index (χ3v) is 10.7. The van der Waals surface area contributed by atoms with Crippen LogP contribution in [0.2, 0.25) is 0 Å². The van der Waals surface area contributed by atoms with E-state index < -0.39 is 5.41 Å². The second kappa shape index (κ2) is 10.2. The number of aromatic nitrogens is 2. The van der Waals surface area contributed by atoms with Crippen LogP contribution in [0.15, 0.2) is 170 Å². The first-order valence-electron chi connectivity index (χ1n) is 17.1. The van der Waals surface area contributed by atoms with Crippen LogP contribution < -0.4 is 4.74 Å². The summed E-state index contributed by atoms with van der Waals surface area (Å²) in [6.45, 7) is 0. The first-order valence-corrected chi connectivity index (χ1v) is 17.1. The maximum Gasteiger partial charge on any atom is 0.160 e. The van der Waals surface area contributed by atoms with Crippen molar-refractivity contribution in [2.24, 2.45) is 0 Å². The van der Waals surface area contributed by atoms with Crippen molar-refractivity contribution >= 4 is 32.4 Å². The van der Waals surface area contributed by atoms with E-state index in [4.69, 9.17) is 14.7 Å². The lowest BCUT2D eigenvalue weighted by molar-refractivity contribution is 0.447. The van der Waals surface area contributed by atoms with Crippen molar-refractivity contribution in [3.05, 3.63) is 192 Å². The summed E-state index contributed by atoms with van der Waals surface area (Å²) < 4.78 is 7.14. The average Bonchev–Trinajstić information content (AvgIpc) is 3.47. The average molecular weight is 637 g/mol. The molecule has 0 radical (unpaired) electrons. The molecule has 2 heterocycles. The summed E-state index contributed by atoms with van der Waals surface area (Å²) >= 11 is 0. The third-order valence-electron chi connectivity index (χ3n) is 10.7. The SMILES string of the molecule is c1ccc(-c2nc(-c3ccc4c(c3)C3(c5ccccc5-4)c4ccc5ccccc5c4Oc4c3ccc3ccccc43)c3ccccc3n2)cc1. The Bertz CT molecular complexity index is 2770. The van der Waals surface area contributed by atoms with Gasteiger partial charge in [0.2, 0.25) is 0 Å². The molecular weight excluding hydrogens is 609 g/mol. The molecule has 50 heavy (non-hydrogen) atoms. The van der Waals surface area contributed by atoms with Crippen LogP contribution in [-0.2, 0) is 5.41 Å². The molecule has 9 aromatic rings. The second-order valence-electron chi connectivity index (χ2n) is 13.3. The number of fused-ring (bicyclic) bond motifs is 14. The minimum absolute atomic E-state index is 0.621. The van der Waals surface area contributed by atoms with Crippen molar-refractivity contribution in [3.8, 4) is 45.3 Å². The quantitative estimate of drug-likeness (QED) is 0.189. The van der Waals surface area contributed by atoms with Crippen molar-refractivity contribution in [2.45, 2.75) is 5.41 Å². The summed E-state index contributed by atoms with van der Waals surface area (Å²) in [7, 11) is 0. The van der Waals surface area contributed by atoms with Crippen LogP contribution >= 0.6 is 0 Å². The van der Waals surface area contributed by atoms with Crippen molar-refractivity contribution < 1.29 is 4.74 Å². The Balaban J connectivity index is 1.27. The van der Waals surface area contributed by atoms with Gasteiger partial charge in [-0.2, -0.15) is 0 Å². The Morgan fingerprint density at radius 1 is 0.400 bits per heavy atom. The summed E-state index contributed by atoms with van der Waals surface area (Å²) in [5.74, 6) is 2.55. The van der Waals surface area contributed by atoms with Gasteiger partial charge in [0.05, 0.1) is 16.6 Å². The molecule has 3 heteroatoms. The van der Waals surface area contributed by atoms with Gasteiger partial charge < -0.3 is 4.74 Å². The van der Waals surface area contributed by atoms with Crippen LogP contribution in [0.5, 0.6) is 11.5 Å². The molecule has 0 atom stereocenters. The highest BCUT2D eigenvalue weighted by Crippen LogP contribution is 2.64. The molecule has 0 saturated heterocycles. The molecule has 1 aliphatic heterocycles. The predicted octanol–water partition coefficient (Wildman–Crippen LogP) is 11.7. The molecule has 1 spiro atoms. The van der Waals surface area contributed by atoms with Crippen LogP contribution in [0, 0.1) is 0 Å². The Morgan fingerprint density at radius 3 is 1.74 bits per heavy atom. The number of rotatable bonds is 2. The van der Waals surface area contributed by atoms with E-state index >= 15 is 0 Å². The van der Waals surface area contributed by atoms with Gasteiger partial charge in [-0.3, -0.25) is 0 Å². The first kappa shape index (κ1) is 27.4. The zero-order chi connectivity index (χ0) is 32.8. The highest BCUT2D eigenvalue weighted by molar-refractivity contribution is 6.01. The van der Waals surface area contributed by atoms with Crippen molar-refractivity contribution in [1.29, 1.82) is 0 Å². The van der Waals surface area contributed by atoms with Gasteiger partial charge in [-0.15, -0.1) is 0 Å². The number of ether oxygens (including phenoxy) is 1. The third kappa shape index (κ3) is 3.64. The van der Waals surface area contributed by atoms with Gasteiger partial charge in [0.15, 0.2) is 5.82 Å². The molecule has 8 aromatic carbocycles. The minimum atomic E-state index is -0.621. The standard InChI is InChI=1S/C47H28N2O/c1-2-14-31(15-3-1)46-48-42-21-11-9-19-37(42)43(49-46)32-22-25-36-35-18-8-10-20-38(35)47(41(36)28-32)39-26-23-29-12-4-6-16-33(29)44(39)50-45-34-17-7-5-13-30(34)24-27-40(45)47/h1-28H. The van der Waals surface area contributed by atoms with Crippen LogP contribution in [0.1, 0.15) is 22.3 Å². The zero-order valence-corrected chi connectivity index (χ0v) is 27.0. The lowest BCUT2D eigenvalue weighted by Gasteiger charge is -2.40. The molecule has 1 aliphatic carbocycles. The van der Waals surface area contributed by atoms with Gasteiger partial charge >= 0.3 is 0 Å². The summed E-state index contributed by atoms with van der Waals surface area (Å²) in [6, 6.07) is 60.6. The van der Waals surface area contributed by atoms with Gasteiger partial charge in [0.1, 0.15) is 11.5 Å². The monoisotopic (exact) mass is 636 g/mol. The van der Waals surface area contributed by atoms with Crippen LogP contribution in [-0.4, -0.2) is 9.97 Å². The van der Waals surface area contributed by atoms with E-state index in [0.29, 0.717) is 0 Å². The van der Waals surface area contributed by atoms with Crippen LogP contribution in [0.4, 0.5) is 0 Å². The molecule has 3 nitrogen and oxygen atoms in total. The number of nitrogens with zero attached hydrogens (tertiary/aromatic N) is 2. The topological polar surface area (TPSA) is 35.0 Å². The second-order valence-corrected chi connectivity index (χ2v) is 13.3. The molecule has 232 valence electrons. The van der Waals surface area contributed by atoms with Gasteiger partial charge in [-0.1, -0.05) is 158 Å². The maximum absolute atomic E-state index is 7.14. The molecule has 0 fully saturated rings. The molecule has 11 rings (SSSR count). The number of benzene rings is 8. The van der Waals surface area contributed by atoms with Crippen LogP contribution in [0.3, 0.4) is 0 Å². The van der Waals surface area contributed by atoms with E-state index in [1.165, 1.54) is 22.3 Å². The Kier molecular flexibility index (Phi) is 5.59. The molecule has 0 N–H and O–H groups in total. The van der Waals surface area contributed by atoms with Gasteiger partial charge in [-0.25, -0.2) is 9.97 Å². The van der Waals surface area contributed by atoms with Crippen LogP contribution in [0.25, 0.3) is 66.2 Å². The number of hydrogen-bond acceptors (Lipinski definition) is 3. The predicted molar refractivity (Wildman–Crippen MR) is 203 cm³/mol. The largest absolute Gasteiger partial charge is 0.455 e. The van der Waals surface area contributed by atoms with Crippen molar-refractivity contribution in [2.75, 3.05) is 0 Å². The highest BCUT2D eigenvalue weighted by atomic mass is 16.5. The minimum Gasteiger partial charge on any atom is -0.455 e. The fourth-order valence-electron chi connectivity index (χ4n) is 8.56. The van der Waals surface area contributed by atoms with E-state index in [-0.39, 0.29) is 0 Å². The van der Waals surface area contributed by atoms with Crippen molar-refractivity contribution in [3.63, 3.8) is 0 Å². The number of para-hydroxylation sites is 1. The fraction of sp³-hybridized carbons (Fsp3) is 0.0213.